The fraction of sp³-hybridized carbons (Fsp3) is 0.167. The van der Waals surface area contributed by atoms with Gasteiger partial charge in [-0.15, -0.1) is 0 Å². The molecule has 0 bridgehead atoms. The van der Waals surface area contributed by atoms with Crippen LogP contribution in [0.5, 0.6) is 0 Å². The Bertz CT molecular complexity index is 1610. The van der Waals surface area contributed by atoms with Crippen molar-refractivity contribution in [1.82, 2.24) is 34.0 Å². The summed E-state index contributed by atoms with van der Waals surface area (Å²) in [5, 5.41) is 4.23. The summed E-state index contributed by atoms with van der Waals surface area (Å²) in [6.45, 7) is 0. The molecule has 6 rings (SSSR count). The quantitative estimate of drug-likeness (QED) is 0.367. The van der Waals surface area contributed by atoms with Crippen LogP contribution < -0.4 is 4.72 Å². The van der Waals surface area contributed by atoms with Gasteiger partial charge in [-0.3, -0.25) is 18.4 Å². The predicted molar refractivity (Wildman–Crippen MR) is 127 cm³/mol. The molecule has 176 valence electrons. The molecule has 0 amide bonds. The summed E-state index contributed by atoms with van der Waals surface area (Å²) in [6.07, 6.45) is 8.09. The van der Waals surface area contributed by atoms with E-state index in [1.165, 1.54) is 18.3 Å². The topological polar surface area (TPSA) is 114 Å². The number of hydrogen-bond donors (Lipinski definition) is 1. The molecule has 1 aromatic carbocycles. The molecule has 0 radical (unpaired) electrons. The molecule has 0 saturated heterocycles. The smallest absolute Gasteiger partial charge is 0.149 e. The maximum Gasteiger partial charge on any atom is 0.149 e. The number of imidazole rings is 1. The van der Waals surface area contributed by atoms with E-state index in [1.807, 2.05) is 31.4 Å². The number of benzene rings is 1. The molecule has 1 aliphatic rings. The Labute approximate surface area is 202 Å². The van der Waals surface area contributed by atoms with Crippen molar-refractivity contribution in [3.63, 3.8) is 0 Å². The van der Waals surface area contributed by atoms with E-state index in [0.29, 0.717) is 29.9 Å². The van der Waals surface area contributed by atoms with Crippen LogP contribution in [0.15, 0.2) is 67.4 Å². The van der Waals surface area contributed by atoms with Crippen molar-refractivity contribution in [1.29, 1.82) is 0 Å². The zero-order chi connectivity index (χ0) is 24.2. The van der Waals surface area contributed by atoms with Gasteiger partial charge in [0.1, 0.15) is 23.7 Å². The van der Waals surface area contributed by atoms with E-state index in [1.54, 1.807) is 33.9 Å². The maximum absolute atomic E-state index is 14.6. The molecule has 35 heavy (non-hydrogen) atoms. The summed E-state index contributed by atoms with van der Waals surface area (Å²) in [4.78, 5) is 13.5. The maximum atomic E-state index is 14.6. The standard InChI is InChI=1S/C24H20FN7O2S/c1-31-13-17(12-28-31)15-4-5-20-19(9-15)27-14-32(20)22-11-16(23-18(25)3-2-8-26-23)10-21(29-22)24(6-7-24)30-35(33)34/h2-5,8-14,30H,6-7H2,1H3,(H,33,34)/p-1. The Kier molecular flexibility index (Phi) is 5.06. The van der Waals surface area contributed by atoms with Crippen molar-refractivity contribution in [3.8, 4) is 28.2 Å². The Morgan fingerprint density at radius 1 is 1.11 bits per heavy atom. The molecule has 4 heterocycles. The zero-order valence-corrected chi connectivity index (χ0v) is 19.4. The van der Waals surface area contributed by atoms with E-state index < -0.39 is 22.6 Å². The van der Waals surface area contributed by atoms with Crippen LogP contribution in [0, 0.1) is 5.82 Å². The molecule has 0 aliphatic heterocycles. The summed E-state index contributed by atoms with van der Waals surface area (Å²) in [5.41, 5.74) is 3.88. The van der Waals surface area contributed by atoms with Gasteiger partial charge in [0, 0.05) is 41.8 Å². The monoisotopic (exact) mass is 488 g/mol. The Balaban J connectivity index is 1.50. The Hall–Kier alpha value is -3.80. The van der Waals surface area contributed by atoms with Crippen LogP contribution in [0.2, 0.25) is 0 Å². The molecular formula is C24H19FN7O2S-. The highest BCUT2D eigenvalue weighted by molar-refractivity contribution is 7.77. The summed E-state index contributed by atoms with van der Waals surface area (Å²) >= 11 is -2.47. The normalized spacial score (nSPS) is 15.4. The SMILES string of the molecule is Cn1cc(-c2ccc3c(c2)ncn3-c2cc(-c3ncccc3F)cc(C3(NS(=O)[O-])CC3)n2)cn1. The molecule has 1 aliphatic carbocycles. The summed E-state index contributed by atoms with van der Waals surface area (Å²) < 4.78 is 43.7. The van der Waals surface area contributed by atoms with Gasteiger partial charge in [-0.05, 0) is 54.8 Å². The van der Waals surface area contributed by atoms with Crippen molar-refractivity contribution in [3.05, 3.63) is 78.9 Å². The second-order valence-corrected chi connectivity index (χ2v) is 9.25. The van der Waals surface area contributed by atoms with Crippen LogP contribution in [0.3, 0.4) is 0 Å². The number of aryl methyl sites for hydroxylation is 1. The van der Waals surface area contributed by atoms with Crippen molar-refractivity contribution < 1.29 is 13.2 Å². The number of halogens is 1. The van der Waals surface area contributed by atoms with Gasteiger partial charge < -0.3 is 4.55 Å². The Morgan fingerprint density at radius 3 is 2.69 bits per heavy atom. The average molecular weight is 489 g/mol. The van der Waals surface area contributed by atoms with Crippen LogP contribution in [0.4, 0.5) is 4.39 Å². The number of hydrogen-bond acceptors (Lipinski definition) is 6. The minimum Gasteiger partial charge on any atom is -0.760 e. The summed E-state index contributed by atoms with van der Waals surface area (Å²) in [7, 11) is 1.86. The average Bonchev–Trinajstić information content (AvgIpc) is 3.29. The van der Waals surface area contributed by atoms with Gasteiger partial charge >= 0.3 is 0 Å². The lowest BCUT2D eigenvalue weighted by Crippen LogP contribution is -2.31. The molecule has 1 N–H and O–H groups in total. The third-order valence-corrected chi connectivity index (χ3v) is 6.75. The van der Waals surface area contributed by atoms with E-state index in [4.69, 9.17) is 4.98 Å². The van der Waals surface area contributed by atoms with Gasteiger partial charge in [0.25, 0.3) is 0 Å². The molecule has 9 nitrogen and oxygen atoms in total. The number of nitrogens with zero attached hydrogens (tertiary/aromatic N) is 6. The lowest BCUT2D eigenvalue weighted by atomic mass is 10.1. The highest BCUT2D eigenvalue weighted by Gasteiger charge is 2.46. The first kappa shape index (κ1) is 21.7. The molecule has 1 saturated carbocycles. The molecule has 1 unspecified atom stereocenters. The number of rotatable bonds is 6. The lowest BCUT2D eigenvalue weighted by Gasteiger charge is -2.20. The van der Waals surface area contributed by atoms with Crippen molar-refractivity contribution in [2.75, 3.05) is 0 Å². The van der Waals surface area contributed by atoms with Gasteiger partial charge in [-0.2, -0.15) is 5.10 Å². The second-order valence-electron chi connectivity index (χ2n) is 8.57. The van der Waals surface area contributed by atoms with Crippen LogP contribution in [-0.2, 0) is 23.9 Å². The predicted octanol–water partition coefficient (Wildman–Crippen LogP) is 3.39. The highest BCUT2D eigenvalue weighted by atomic mass is 32.2. The minimum absolute atomic E-state index is 0.166. The van der Waals surface area contributed by atoms with Crippen LogP contribution in [0.1, 0.15) is 18.5 Å². The number of fused-ring (bicyclic) bond motifs is 1. The minimum atomic E-state index is -2.47. The van der Waals surface area contributed by atoms with Gasteiger partial charge in [-0.1, -0.05) is 6.07 Å². The first-order chi connectivity index (χ1) is 16.9. The van der Waals surface area contributed by atoms with E-state index in [-0.39, 0.29) is 5.69 Å². The van der Waals surface area contributed by atoms with Gasteiger partial charge in [0.05, 0.1) is 28.5 Å². The van der Waals surface area contributed by atoms with Gasteiger partial charge in [0.15, 0.2) is 0 Å². The van der Waals surface area contributed by atoms with E-state index >= 15 is 0 Å². The molecular weight excluding hydrogens is 469 g/mol. The van der Waals surface area contributed by atoms with Gasteiger partial charge in [0.2, 0.25) is 0 Å². The molecule has 0 spiro atoms. The Morgan fingerprint density at radius 2 is 1.97 bits per heavy atom. The fourth-order valence-corrected chi connectivity index (χ4v) is 4.89. The third kappa shape index (κ3) is 3.93. The van der Waals surface area contributed by atoms with Gasteiger partial charge in [-0.25, -0.2) is 19.1 Å². The third-order valence-electron chi connectivity index (χ3n) is 6.20. The number of aromatic nitrogens is 6. The number of nitrogens with one attached hydrogen (secondary N) is 1. The van der Waals surface area contributed by atoms with E-state index in [2.05, 4.69) is 19.8 Å². The van der Waals surface area contributed by atoms with E-state index in [9.17, 15) is 13.2 Å². The first-order valence-corrected chi connectivity index (χ1v) is 12.0. The summed E-state index contributed by atoms with van der Waals surface area (Å²) in [5.74, 6) is 0.0151. The van der Waals surface area contributed by atoms with Crippen LogP contribution in [0.25, 0.3) is 39.2 Å². The molecule has 11 heteroatoms. The lowest BCUT2D eigenvalue weighted by molar-refractivity contribution is 0.498. The second kappa shape index (κ2) is 8.15. The molecule has 1 atom stereocenters. The van der Waals surface area contributed by atoms with Crippen molar-refractivity contribution in [2.45, 2.75) is 18.4 Å². The largest absolute Gasteiger partial charge is 0.760 e. The van der Waals surface area contributed by atoms with Crippen molar-refractivity contribution >= 4 is 22.3 Å². The van der Waals surface area contributed by atoms with Crippen molar-refractivity contribution in [2.24, 2.45) is 7.05 Å². The molecule has 1 fully saturated rings. The highest BCUT2D eigenvalue weighted by Crippen LogP contribution is 2.46. The van der Waals surface area contributed by atoms with Crippen LogP contribution in [-0.4, -0.2) is 38.1 Å². The molecule has 4 aromatic heterocycles. The number of pyridine rings is 2. The summed E-state index contributed by atoms with van der Waals surface area (Å²) in [6, 6.07) is 12.2. The van der Waals surface area contributed by atoms with E-state index in [0.717, 1.165) is 22.2 Å². The fourth-order valence-electron chi connectivity index (χ4n) is 4.26. The molecule has 5 aromatic rings. The van der Waals surface area contributed by atoms with Crippen LogP contribution >= 0.6 is 0 Å². The first-order valence-electron chi connectivity index (χ1n) is 10.9. The zero-order valence-electron chi connectivity index (χ0n) is 18.6.